The van der Waals surface area contributed by atoms with E-state index < -0.39 is 0 Å². The summed E-state index contributed by atoms with van der Waals surface area (Å²) < 4.78 is 5.49. The number of rotatable bonds is 6. The molecule has 3 aromatic carbocycles. The summed E-state index contributed by atoms with van der Waals surface area (Å²) in [7, 11) is 1.66. The maximum atomic E-state index is 12.7. The van der Waals surface area contributed by atoms with Crippen molar-refractivity contribution in [3.63, 3.8) is 0 Å². The third-order valence-electron chi connectivity index (χ3n) is 4.44. The number of nitrogens with one attached hydrogen (secondary N) is 1. The van der Waals surface area contributed by atoms with Crippen LogP contribution in [0.5, 0.6) is 5.75 Å². The smallest absolute Gasteiger partial charge is 0.255 e. The van der Waals surface area contributed by atoms with E-state index in [9.17, 15) is 4.79 Å². The summed E-state index contributed by atoms with van der Waals surface area (Å²) in [5.74, 6) is 1.41. The summed E-state index contributed by atoms with van der Waals surface area (Å²) in [5.41, 5.74) is 5.93. The summed E-state index contributed by atoms with van der Waals surface area (Å²) in [5, 5.41) is 3.00. The number of anilines is 1. The Hall–Kier alpha value is -2.72. The number of hydrogen-bond donors (Lipinski definition) is 1. The lowest BCUT2D eigenvalue weighted by Crippen LogP contribution is -2.12. The molecule has 3 aromatic rings. The molecule has 28 heavy (non-hydrogen) atoms. The van der Waals surface area contributed by atoms with Crippen molar-refractivity contribution in [2.24, 2.45) is 0 Å². The predicted molar refractivity (Wildman–Crippen MR) is 118 cm³/mol. The monoisotopic (exact) mass is 391 g/mol. The molecule has 0 atom stereocenters. The van der Waals surface area contributed by atoms with E-state index in [0.717, 1.165) is 33.9 Å². The molecule has 1 amide bonds. The average Bonchev–Trinajstić information content (AvgIpc) is 2.66. The SMILES string of the molecule is COc1ccc(C(=O)Nc2cc(C)cc(C)c2)cc1CSc1ccc(C)cc1. The molecule has 0 unspecified atom stereocenters. The Balaban J connectivity index is 1.77. The molecule has 1 N–H and O–H groups in total. The lowest BCUT2D eigenvalue weighted by Gasteiger charge is -2.12. The Morgan fingerprint density at radius 1 is 0.893 bits per heavy atom. The number of hydrogen-bond acceptors (Lipinski definition) is 3. The molecule has 3 rings (SSSR count). The lowest BCUT2D eigenvalue weighted by atomic mass is 10.1. The van der Waals surface area contributed by atoms with Gasteiger partial charge in [0.25, 0.3) is 5.91 Å². The number of thioether (sulfide) groups is 1. The molecule has 0 saturated carbocycles. The van der Waals surface area contributed by atoms with Gasteiger partial charge in [0.15, 0.2) is 0 Å². The van der Waals surface area contributed by atoms with Crippen molar-refractivity contribution >= 4 is 23.4 Å². The number of aryl methyl sites for hydroxylation is 3. The van der Waals surface area contributed by atoms with Crippen molar-refractivity contribution in [2.45, 2.75) is 31.4 Å². The number of ether oxygens (including phenoxy) is 1. The molecule has 0 spiro atoms. The third kappa shape index (κ3) is 5.17. The van der Waals surface area contributed by atoms with Crippen molar-refractivity contribution in [1.82, 2.24) is 0 Å². The molecule has 4 heteroatoms. The maximum Gasteiger partial charge on any atom is 0.255 e. The van der Waals surface area contributed by atoms with Crippen molar-refractivity contribution < 1.29 is 9.53 Å². The standard InChI is InChI=1S/C24H25NO2S/c1-16-5-8-22(9-6-16)28-15-20-14-19(7-10-23(20)27-4)24(26)25-21-12-17(2)11-18(3)13-21/h5-14H,15H2,1-4H3,(H,25,26). The van der Waals surface area contributed by atoms with Gasteiger partial charge in [-0.3, -0.25) is 4.79 Å². The molecule has 0 radical (unpaired) electrons. The number of benzene rings is 3. The Labute approximate surface area is 171 Å². The average molecular weight is 392 g/mol. The molecular weight excluding hydrogens is 366 g/mol. The highest BCUT2D eigenvalue weighted by molar-refractivity contribution is 7.98. The fourth-order valence-electron chi connectivity index (χ4n) is 3.08. The van der Waals surface area contributed by atoms with E-state index in [1.165, 1.54) is 10.5 Å². The number of methoxy groups -OCH3 is 1. The van der Waals surface area contributed by atoms with Crippen molar-refractivity contribution in [3.05, 3.63) is 88.5 Å². The lowest BCUT2D eigenvalue weighted by molar-refractivity contribution is 0.102. The topological polar surface area (TPSA) is 38.3 Å². The highest BCUT2D eigenvalue weighted by atomic mass is 32.2. The number of amides is 1. The molecular formula is C24H25NO2S. The van der Waals surface area contributed by atoms with Crippen LogP contribution < -0.4 is 10.1 Å². The molecule has 3 nitrogen and oxygen atoms in total. The van der Waals surface area contributed by atoms with Crippen LogP contribution >= 0.6 is 11.8 Å². The molecule has 0 aliphatic heterocycles. The molecule has 0 saturated heterocycles. The van der Waals surface area contributed by atoms with E-state index in [2.05, 4.69) is 42.6 Å². The zero-order chi connectivity index (χ0) is 20.1. The first-order valence-corrected chi connectivity index (χ1v) is 10.2. The summed E-state index contributed by atoms with van der Waals surface area (Å²) in [4.78, 5) is 13.9. The van der Waals surface area contributed by atoms with Gasteiger partial charge >= 0.3 is 0 Å². The number of carbonyl (C=O) groups is 1. The van der Waals surface area contributed by atoms with Gasteiger partial charge in [0.05, 0.1) is 7.11 Å². The first kappa shape index (κ1) is 20.0. The predicted octanol–water partition coefficient (Wildman–Crippen LogP) is 6.17. The second-order valence-corrected chi connectivity index (χ2v) is 8.01. The van der Waals surface area contributed by atoms with Gasteiger partial charge in [-0.05, 0) is 74.4 Å². The van der Waals surface area contributed by atoms with E-state index in [1.54, 1.807) is 24.9 Å². The van der Waals surface area contributed by atoms with E-state index in [-0.39, 0.29) is 5.91 Å². The first-order valence-electron chi connectivity index (χ1n) is 9.20. The summed E-state index contributed by atoms with van der Waals surface area (Å²) in [6.45, 7) is 6.13. The van der Waals surface area contributed by atoms with E-state index in [1.807, 2.05) is 38.1 Å². The summed E-state index contributed by atoms with van der Waals surface area (Å²) >= 11 is 1.73. The van der Waals surface area contributed by atoms with Gasteiger partial charge in [0.2, 0.25) is 0 Å². The number of carbonyl (C=O) groups excluding carboxylic acids is 1. The van der Waals surface area contributed by atoms with Crippen LogP contribution in [0.2, 0.25) is 0 Å². The van der Waals surface area contributed by atoms with E-state index >= 15 is 0 Å². The minimum absolute atomic E-state index is 0.116. The molecule has 0 bridgehead atoms. The fraction of sp³-hybridized carbons (Fsp3) is 0.208. The highest BCUT2D eigenvalue weighted by Crippen LogP contribution is 2.29. The van der Waals surface area contributed by atoms with Crippen LogP contribution in [0.1, 0.15) is 32.6 Å². The Bertz CT molecular complexity index is 960. The molecule has 0 aliphatic rings. The molecule has 144 valence electrons. The minimum atomic E-state index is -0.116. The Kier molecular flexibility index (Phi) is 6.42. The van der Waals surface area contributed by atoms with Gasteiger partial charge < -0.3 is 10.1 Å². The van der Waals surface area contributed by atoms with Crippen LogP contribution in [0.4, 0.5) is 5.69 Å². The second kappa shape index (κ2) is 8.98. The highest BCUT2D eigenvalue weighted by Gasteiger charge is 2.12. The van der Waals surface area contributed by atoms with Crippen molar-refractivity contribution in [3.8, 4) is 5.75 Å². The molecule has 0 fully saturated rings. The summed E-state index contributed by atoms with van der Waals surface area (Å²) in [6.07, 6.45) is 0. The largest absolute Gasteiger partial charge is 0.496 e. The van der Waals surface area contributed by atoms with Gasteiger partial charge in [-0.25, -0.2) is 0 Å². The van der Waals surface area contributed by atoms with E-state index in [4.69, 9.17) is 4.74 Å². The summed E-state index contributed by atoms with van der Waals surface area (Å²) in [6, 6.07) is 20.1. The third-order valence-corrected chi connectivity index (χ3v) is 5.50. The zero-order valence-corrected chi connectivity index (χ0v) is 17.5. The van der Waals surface area contributed by atoms with Crippen LogP contribution in [0.3, 0.4) is 0 Å². The van der Waals surface area contributed by atoms with Crippen molar-refractivity contribution in [2.75, 3.05) is 12.4 Å². The second-order valence-electron chi connectivity index (χ2n) is 6.96. The van der Waals surface area contributed by atoms with Crippen LogP contribution in [0, 0.1) is 20.8 Å². The van der Waals surface area contributed by atoms with Gasteiger partial charge in [-0.2, -0.15) is 0 Å². The van der Waals surface area contributed by atoms with Crippen molar-refractivity contribution in [1.29, 1.82) is 0 Å². The van der Waals surface area contributed by atoms with Crippen LogP contribution in [0.15, 0.2) is 65.6 Å². The minimum Gasteiger partial charge on any atom is -0.496 e. The Morgan fingerprint density at radius 2 is 1.57 bits per heavy atom. The zero-order valence-electron chi connectivity index (χ0n) is 16.7. The van der Waals surface area contributed by atoms with Crippen LogP contribution in [0.25, 0.3) is 0 Å². The normalized spacial score (nSPS) is 10.6. The molecule has 0 aromatic heterocycles. The quantitative estimate of drug-likeness (QED) is 0.511. The van der Waals surface area contributed by atoms with Gasteiger partial charge in [-0.1, -0.05) is 23.8 Å². The van der Waals surface area contributed by atoms with Gasteiger partial charge in [-0.15, -0.1) is 11.8 Å². The molecule has 0 aliphatic carbocycles. The first-order chi connectivity index (χ1) is 13.4. The molecule has 0 heterocycles. The maximum absolute atomic E-state index is 12.7. The van der Waals surface area contributed by atoms with E-state index in [0.29, 0.717) is 5.56 Å². The fourth-order valence-corrected chi connectivity index (χ4v) is 3.95. The van der Waals surface area contributed by atoms with Gasteiger partial charge in [0, 0.05) is 27.5 Å². The Morgan fingerprint density at radius 3 is 2.21 bits per heavy atom. The van der Waals surface area contributed by atoms with Gasteiger partial charge in [0.1, 0.15) is 5.75 Å². The van der Waals surface area contributed by atoms with Crippen LogP contribution in [-0.2, 0) is 5.75 Å². The van der Waals surface area contributed by atoms with Crippen LogP contribution in [-0.4, -0.2) is 13.0 Å².